The van der Waals surface area contributed by atoms with Gasteiger partial charge in [0, 0.05) is 18.2 Å². The maximum absolute atomic E-state index is 11.3. The molecule has 1 N–H and O–H groups in total. The second-order valence-corrected chi connectivity index (χ2v) is 4.50. The highest BCUT2D eigenvalue weighted by Crippen LogP contribution is 2.36. The van der Waals surface area contributed by atoms with Crippen LogP contribution >= 0.6 is 0 Å². The van der Waals surface area contributed by atoms with Crippen LogP contribution in [-0.4, -0.2) is 32.7 Å². The molecule has 2 heterocycles. The lowest BCUT2D eigenvalue weighted by atomic mass is 9.91. The van der Waals surface area contributed by atoms with E-state index in [1.807, 2.05) is 12.1 Å². The quantitative estimate of drug-likeness (QED) is 0.882. The van der Waals surface area contributed by atoms with Crippen LogP contribution in [0, 0.1) is 0 Å². The van der Waals surface area contributed by atoms with Gasteiger partial charge in [-0.2, -0.15) is 15.0 Å². The maximum Gasteiger partial charge on any atom is 0.311 e. The van der Waals surface area contributed by atoms with Gasteiger partial charge in [0.25, 0.3) is 0 Å². The summed E-state index contributed by atoms with van der Waals surface area (Å²) in [6.07, 6.45) is 2.15. The summed E-state index contributed by atoms with van der Waals surface area (Å²) in [4.78, 5) is 12.8. The van der Waals surface area contributed by atoms with Gasteiger partial charge in [0.2, 0.25) is 0 Å². The molecule has 19 heavy (non-hydrogen) atoms. The number of hydrogen-bond acceptors (Lipinski definition) is 4. The third-order valence-electron chi connectivity index (χ3n) is 3.24. The lowest BCUT2D eigenvalue weighted by Gasteiger charge is -2.23. The van der Waals surface area contributed by atoms with Crippen molar-refractivity contribution in [2.75, 3.05) is 6.61 Å². The number of ether oxygens (including phenoxy) is 1. The molecule has 6 nitrogen and oxygen atoms in total. The molecule has 0 fully saturated rings. The molecule has 0 radical (unpaired) electrons. The Morgan fingerprint density at radius 1 is 1.53 bits per heavy atom. The van der Waals surface area contributed by atoms with Crippen LogP contribution in [0.15, 0.2) is 24.4 Å². The number of hydrogen-bond donors (Lipinski definition) is 1. The lowest BCUT2D eigenvalue weighted by Crippen LogP contribution is -2.20. The summed E-state index contributed by atoms with van der Waals surface area (Å²) in [6, 6.07) is 5.50. The van der Waals surface area contributed by atoms with Gasteiger partial charge >= 0.3 is 5.97 Å². The number of aromatic nitrogens is 3. The average Bonchev–Trinajstić information content (AvgIpc) is 2.84. The van der Waals surface area contributed by atoms with Crippen LogP contribution in [0.4, 0.5) is 0 Å². The van der Waals surface area contributed by atoms with Crippen molar-refractivity contribution in [3.05, 3.63) is 30.0 Å². The predicted molar refractivity (Wildman–Crippen MR) is 66.9 cm³/mol. The molecule has 1 aromatic carbocycles. The summed E-state index contributed by atoms with van der Waals surface area (Å²) in [5, 5.41) is 17.5. The van der Waals surface area contributed by atoms with Crippen LogP contribution in [0.5, 0.6) is 5.75 Å². The highest BCUT2D eigenvalue weighted by Gasteiger charge is 2.27. The predicted octanol–water partition coefficient (Wildman–Crippen LogP) is 1.43. The molecule has 0 bridgehead atoms. The van der Waals surface area contributed by atoms with E-state index in [1.165, 1.54) is 4.80 Å². The van der Waals surface area contributed by atoms with Crippen molar-refractivity contribution in [2.45, 2.75) is 12.3 Å². The van der Waals surface area contributed by atoms with Crippen molar-refractivity contribution in [1.82, 2.24) is 15.0 Å². The van der Waals surface area contributed by atoms with Crippen LogP contribution in [0.3, 0.4) is 0 Å². The first-order valence-corrected chi connectivity index (χ1v) is 6.01. The zero-order valence-corrected chi connectivity index (χ0v) is 10.4. The summed E-state index contributed by atoms with van der Waals surface area (Å²) in [7, 11) is 1.74. The van der Waals surface area contributed by atoms with Gasteiger partial charge in [0.1, 0.15) is 11.4 Å². The third-order valence-corrected chi connectivity index (χ3v) is 3.24. The third kappa shape index (κ3) is 2.05. The number of aryl methyl sites for hydroxylation is 1. The van der Waals surface area contributed by atoms with E-state index < -0.39 is 11.9 Å². The molecule has 1 atom stereocenters. The number of nitrogens with zero attached hydrogens (tertiary/aromatic N) is 3. The Bertz CT molecular complexity index is 636. The fourth-order valence-corrected chi connectivity index (χ4v) is 2.29. The van der Waals surface area contributed by atoms with E-state index in [4.69, 9.17) is 4.74 Å². The summed E-state index contributed by atoms with van der Waals surface area (Å²) in [6.45, 7) is 0.439. The molecule has 0 spiro atoms. The van der Waals surface area contributed by atoms with Crippen LogP contribution < -0.4 is 4.74 Å². The van der Waals surface area contributed by atoms with Crippen LogP contribution in [0.1, 0.15) is 17.9 Å². The van der Waals surface area contributed by atoms with Crippen LogP contribution in [0.25, 0.3) is 11.3 Å². The highest BCUT2D eigenvalue weighted by molar-refractivity contribution is 5.79. The zero-order valence-electron chi connectivity index (χ0n) is 10.4. The van der Waals surface area contributed by atoms with Gasteiger partial charge in [0.05, 0.1) is 18.7 Å². The van der Waals surface area contributed by atoms with E-state index in [0.717, 1.165) is 11.3 Å². The van der Waals surface area contributed by atoms with Gasteiger partial charge in [-0.05, 0) is 24.6 Å². The summed E-state index contributed by atoms with van der Waals surface area (Å²) < 4.78 is 5.50. The number of fused-ring (bicyclic) bond motifs is 1. The monoisotopic (exact) mass is 259 g/mol. The fraction of sp³-hybridized carbons (Fsp3) is 0.308. The second-order valence-electron chi connectivity index (χ2n) is 4.50. The van der Waals surface area contributed by atoms with Crippen molar-refractivity contribution in [1.29, 1.82) is 0 Å². The van der Waals surface area contributed by atoms with E-state index in [1.54, 1.807) is 19.3 Å². The molecule has 2 aromatic rings. The first-order valence-electron chi connectivity index (χ1n) is 6.01. The molecule has 0 aliphatic carbocycles. The molecule has 0 amide bonds. The fourth-order valence-electron chi connectivity index (χ4n) is 2.29. The Morgan fingerprint density at radius 3 is 3.05 bits per heavy atom. The zero-order chi connectivity index (χ0) is 13.4. The van der Waals surface area contributed by atoms with E-state index in [-0.39, 0.29) is 0 Å². The first kappa shape index (κ1) is 11.7. The molecule has 1 unspecified atom stereocenters. The Hall–Kier alpha value is -2.37. The van der Waals surface area contributed by atoms with Gasteiger partial charge in [-0.1, -0.05) is 0 Å². The van der Waals surface area contributed by atoms with Crippen molar-refractivity contribution in [2.24, 2.45) is 7.05 Å². The number of aliphatic carboxylic acids is 1. The van der Waals surface area contributed by atoms with Crippen LogP contribution in [-0.2, 0) is 11.8 Å². The van der Waals surface area contributed by atoms with Crippen molar-refractivity contribution in [3.63, 3.8) is 0 Å². The highest BCUT2D eigenvalue weighted by atomic mass is 16.5. The normalized spacial score (nSPS) is 17.6. The van der Waals surface area contributed by atoms with E-state index in [2.05, 4.69) is 10.2 Å². The molecule has 98 valence electrons. The standard InChI is InChI=1S/C13H13N3O3/c1-16-14-7-11(15-16)8-2-3-12-10(6-8)9(13(17)18)4-5-19-12/h2-3,6-7,9H,4-5H2,1H3,(H,17,18). The maximum atomic E-state index is 11.3. The number of carbonyl (C=O) groups is 1. The second kappa shape index (κ2) is 4.38. The van der Waals surface area contributed by atoms with Gasteiger partial charge in [-0.15, -0.1) is 0 Å². The molecule has 1 aliphatic rings. The van der Waals surface area contributed by atoms with E-state index in [9.17, 15) is 9.90 Å². The summed E-state index contributed by atoms with van der Waals surface area (Å²) in [5.74, 6) is -0.687. The number of rotatable bonds is 2. The Kier molecular flexibility index (Phi) is 2.70. The van der Waals surface area contributed by atoms with Crippen molar-refractivity contribution >= 4 is 5.97 Å². The van der Waals surface area contributed by atoms with E-state index >= 15 is 0 Å². The number of carboxylic acid groups (broad SMARTS) is 1. The molecule has 3 rings (SSSR count). The molecule has 1 aromatic heterocycles. The first-order chi connectivity index (χ1) is 9.15. The van der Waals surface area contributed by atoms with Crippen LogP contribution in [0.2, 0.25) is 0 Å². The molecule has 0 saturated carbocycles. The van der Waals surface area contributed by atoms with Gasteiger partial charge in [-0.3, -0.25) is 4.79 Å². The van der Waals surface area contributed by atoms with Gasteiger partial charge < -0.3 is 9.84 Å². The minimum absolute atomic E-state index is 0.439. The summed E-state index contributed by atoms with van der Waals surface area (Å²) in [5.41, 5.74) is 2.28. The Labute approximate surface area is 109 Å². The Balaban J connectivity index is 2.06. The Morgan fingerprint density at radius 2 is 2.37 bits per heavy atom. The lowest BCUT2D eigenvalue weighted by molar-refractivity contribution is -0.139. The smallest absolute Gasteiger partial charge is 0.311 e. The SMILES string of the molecule is Cn1ncc(-c2ccc3c(c2)C(C(=O)O)CCO3)n1. The minimum Gasteiger partial charge on any atom is -0.493 e. The molecule has 6 heteroatoms. The van der Waals surface area contributed by atoms with E-state index in [0.29, 0.717) is 24.3 Å². The minimum atomic E-state index is -0.819. The van der Waals surface area contributed by atoms with Gasteiger partial charge in [0.15, 0.2) is 0 Å². The topological polar surface area (TPSA) is 77.2 Å². The van der Waals surface area contributed by atoms with Crippen molar-refractivity contribution in [3.8, 4) is 17.0 Å². The molecular formula is C13H13N3O3. The molecule has 0 saturated heterocycles. The number of carboxylic acids is 1. The molecule has 1 aliphatic heterocycles. The largest absolute Gasteiger partial charge is 0.493 e. The van der Waals surface area contributed by atoms with Gasteiger partial charge in [-0.25, -0.2) is 0 Å². The van der Waals surface area contributed by atoms with Crippen molar-refractivity contribution < 1.29 is 14.6 Å². The number of benzene rings is 1. The molecular weight excluding hydrogens is 246 g/mol. The summed E-state index contributed by atoms with van der Waals surface area (Å²) >= 11 is 0. The average molecular weight is 259 g/mol.